The fourth-order valence-corrected chi connectivity index (χ4v) is 1.48. The van der Waals surface area contributed by atoms with Crippen LogP contribution in [0.3, 0.4) is 0 Å². The number of fused-ring (bicyclic) bond motifs is 1. The molecule has 0 aliphatic carbocycles. The molecule has 0 aromatic rings. The zero-order valence-corrected chi connectivity index (χ0v) is 6.35. The van der Waals surface area contributed by atoms with E-state index in [9.17, 15) is 0 Å². The molecule has 0 aromatic heterocycles. The highest BCUT2D eigenvalue weighted by atomic mass is 13.8. The van der Waals surface area contributed by atoms with Gasteiger partial charge < -0.3 is 0 Å². The van der Waals surface area contributed by atoms with Gasteiger partial charge in [0.2, 0.25) is 0 Å². The zero-order chi connectivity index (χ0) is 7.52. The first-order valence-corrected chi connectivity index (χ1v) is 4.00. The van der Waals surface area contributed by atoms with Crippen LogP contribution >= 0.6 is 0 Å². The average Bonchev–Trinajstić information content (AvgIpc) is 2.28. The van der Waals surface area contributed by atoms with E-state index in [2.05, 4.69) is 64.0 Å². The summed E-state index contributed by atoms with van der Waals surface area (Å²) in [6.45, 7) is 0. The highest BCUT2D eigenvalue weighted by Crippen LogP contribution is 2.22. The molecule has 2 atom stereocenters. The van der Waals surface area contributed by atoms with Crippen LogP contribution in [0.1, 0.15) is 0 Å². The van der Waals surface area contributed by atoms with Gasteiger partial charge in [-0.3, -0.25) is 0 Å². The van der Waals surface area contributed by atoms with Gasteiger partial charge in [0, 0.05) is 64.0 Å². The molecule has 9 radical (unpaired) electrons. The third-order valence-corrected chi connectivity index (χ3v) is 2.11. The maximum Gasteiger partial charge on any atom is 0.0458 e. The Balaban J connectivity index is 1.93. The molecule has 2 rings (SSSR count). The third kappa shape index (κ3) is 2.03. The highest BCUT2D eigenvalue weighted by Gasteiger charge is 2.27. The van der Waals surface area contributed by atoms with Crippen molar-refractivity contribution in [1.29, 1.82) is 0 Å². The first-order chi connectivity index (χ1) is 5.47. The van der Waals surface area contributed by atoms with Crippen molar-refractivity contribution in [2.24, 2.45) is 0 Å². The van der Waals surface area contributed by atoms with Gasteiger partial charge >= 0.3 is 0 Å². The van der Waals surface area contributed by atoms with Crippen LogP contribution in [0.15, 0.2) is 0 Å². The summed E-state index contributed by atoms with van der Waals surface area (Å²) in [5, 5.41) is 0. The Morgan fingerprint density at radius 1 is 0.455 bits per heavy atom. The number of rotatable bonds is 0. The van der Waals surface area contributed by atoms with Crippen molar-refractivity contribution in [3.8, 4) is 0 Å². The maximum atomic E-state index is 2.24. The van der Waals surface area contributed by atoms with E-state index < -0.39 is 0 Å². The third-order valence-electron chi connectivity index (χ3n) is 2.11. The lowest BCUT2D eigenvalue weighted by molar-refractivity contribution is 1.23. The second-order valence-electron chi connectivity index (χ2n) is 2.89. The van der Waals surface area contributed by atoms with Crippen molar-refractivity contribution in [1.82, 2.24) is 0 Å². The Hall–Kier alpha value is 0.584. The van der Waals surface area contributed by atoms with Crippen molar-refractivity contribution in [2.45, 2.75) is 11.4 Å². The first kappa shape index (κ1) is 8.19. The molecule has 0 amide bonds. The van der Waals surface area contributed by atoms with Gasteiger partial charge in [-0.05, 0) is 0 Å². The molecule has 11 heavy (non-hydrogen) atoms. The summed E-state index contributed by atoms with van der Waals surface area (Å²) in [5.74, 6) is 0. The fraction of sp³-hybridized carbons (Fsp3) is 1.00. The normalized spacial score (nSPS) is 32.7. The molecule has 2 saturated heterocycles. The minimum atomic E-state index is 0.579. The van der Waals surface area contributed by atoms with E-state index in [0.717, 1.165) is 0 Å². The highest BCUT2D eigenvalue weighted by molar-refractivity contribution is 7.58. The summed E-state index contributed by atoms with van der Waals surface area (Å²) < 4.78 is 0. The minimum absolute atomic E-state index is 0.579. The van der Waals surface area contributed by atoms with Gasteiger partial charge in [0.25, 0.3) is 0 Å². The lowest BCUT2D eigenvalue weighted by Gasteiger charge is -2.29. The van der Waals surface area contributed by atoms with Gasteiger partial charge in [-0.15, -0.1) is 11.4 Å². The molecule has 2 aliphatic heterocycles. The Morgan fingerprint density at radius 3 is 1.27 bits per heavy atom. The number of hydrogen-bond acceptors (Lipinski definition) is 0. The fourth-order valence-electron chi connectivity index (χ4n) is 1.48. The van der Waals surface area contributed by atoms with E-state index in [1.165, 1.54) is 0 Å². The molecule has 37 valence electrons. The van der Waals surface area contributed by atoms with Gasteiger partial charge in [0.15, 0.2) is 0 Å². The lowest BCUT2D eigenvalue weighted by atomic mass is 8.93. The summed E-state index contributed by atoms with van der Waals surface area (Å²) in [6, 6.07) is 0. The second kappa shape index (κ2) is 4.00. The van der Waals surface area contributed by atoms with Crippen LogP contribution in [0.4, 0.5) is 0 Å². The van der Waals surface area contributed by atoms with Gasteiger partial charge in [0.05, 0.1) is 0 Å². The zero-order valence-electron chi connectivity index (χ0n) is 6.35. The summed E-state index contributed by atoms with van der Waals surface area (Å²) in [7, 11) is 19.5. The second-order valence-corrected chi connectivity index (χ2v) is 2.89. The average molecular weight is 123 g/mol. The summed E-state index contributed by atoms with van der Waals surface area (Å²) >= 11 is 0. The Labute approximate surface area is 75.9 Å². The lowest BCUT2D eigenvalue weighted by Crippen LogP contribution is -2.40. The van der Waals surface area contributed by atoms with E-state index in [4.69, 9.17) is 0 Å². The Morgan fingerprint density at radius 2 is 0.818 bits per heavy atom. The van der Waals surface area contributed by atoms with Crippen molar-refractivity contribution in [2.75, 3.05) is 0 Å². The van der Waals surface area contributed by atoms with E-state index in [-0.39, 0.29) is 0 Å². The predicted octanol–water partition coefficient (Wildman–Crippen LogP) is -2.75. The molecule has 2 heterocycles. The van der Waals surface area contributed by atoms with Gasteiger partial charge in [0.1, 0.15) is 0 Å². The van der Waals surface area contributed by atoms with Gasteiger partial charge in [-0.1, -0.05) is 0 Å². The molecule has 2 aliphatic rings. The van der Waals surface area contributed by atoms with Crippen LogP contribution in [0.5, 0.6) is 0 Å². The molecule has 0 saturated carbocycles. The molecule has 9 heteroatoms. The molecule has 0 bridgehead atoms. The van der Waals surface area contributed by atoms with E-state index in [1.54, 1.807) is 0 Å². The topological polar surface area (TPSA) is 0 Å². The van der Waals surface area contributed by atoms with Crippen LogP contribution in [0, 0.1) is 0 Å². The van der Waals surface area contributed by atoms with Crippen LogP contribution in [-0.2, 0) is 0 Å². The van der Waals surface area contributed by atoms with E-state index in [1.807, 2.05) is 0 Å². The molecule has 0 aromatic carbocycles. The summed E-state index contributed by atoms with van der Waals surface area (Å²) in [5.41, 5.74) is 1.16. The van der Waals surface area contributed by atoms with Crippen molar-refractivity contribution in [3.05, 3.63) is 0 Å². The van der Waals surface area contributed by atoms with Crippen LogP contribution < -0.4 is 0 Å². The number of hydrogen-bond donors (Lipinski definition) is 0. The molecule has 2 unspecified atom stereocenters. The quantitative estimate of drug-likeness (QED) is 0.306. The summed E-state index contributed by atoms with van der Waals surface area (Å²) in [6.07, 6.45) is 0. The molecule has 0 nitrogen and oxygen atoms in total. The van der Waals surface area contributed by atoms with E-state index in [0.29, 0.717) is 11.4 Å². The largest absolute Gasteiger partial charge is 0.123 e. The predicted molar refractivity (Wildman–Crippen MR) is 59.3 cm³/mol. The van der Waals surface area contributed by atoms with Crippen LogP contribution in [0.2, 0.25) is 11.4 Å². The molecule has 2 fully saturated rings. The van der Waals surface area contributed by atoms with Gasteiger partial charge in [-0.2, -0.15) is 0 Å². The molecular formula is C2H2B9. The SMILES string of the molecule is [B]1[B][B]C2[B][B][B][B]C2[B][B]1. The standard InChI is InChI=1S/C2H2B9/c3-1-2(4-8-7-3)6-10-11-9-5-1/h1-2H. The van der Waals surface area contributed by atoms with Crippen molar-refractivity contribution >= 4 is 64.0 Å². The van der Waals surface area contributed by atoms with Crippen molar-refractivity contribution in [3.63, 3.8) is 0 Å². The Kier molecular flexibility index (Phi) is 2.98. The van der Waals surface area contributed by atoms with Crippen molar-refractivity contribution < 1.29 is 0 Å². The maximum absolute atomic E-state index is 2.24. The summed E-state index contributed by atoms with van der Waals surface area (Å²) in [4.78, 5) is 0. The first-order valence-electron chi connectivity index (χ1n) is 4.00. The monoisotopic (exact) mass is 125 g/mol. The minimum Gasteiger partial charge on any atom is -0.123 e. The van der Waals surface area contributed by atoms with E-state index >= 15 is 0 Å². The molecular weight excluding hydrogens is 121 g/mol. The van der Waals surface area contributed by atoms with Crippen LogP contribution in [0.25, 0.3) is 0 Å². The molecule has 0 spiro atoms. The van der Waals surface area contributed by atoms with Gasteiger partial charge in [-0.25, -0.2) is 0 Å². The Bertz CT molecular complexity index is 111. The smallest absolute Gasteiger partial charge is 0.0458 e. The molecule has 0 N–H and O–H groups in total. The van der Waals surface area contributed by atoms with Crippen LogP contribution in [-0.4, -0.2) is 64.0 Å².